The topological polar surface area (TPSA) is 87.7 Å². The molecule has 1 amide bonds. The SMILES string of the molecule is Cc1nc(NC(=O)c2c(-c3ccccc3)c(-c3ccccc3)n[nH]c2=O)sc1C. The van der Waals surface area contributed by atoms with E-state index in [1.165, 1.54) is 11.3 Å². The number of anilines is 1. The molecule has 0 bridgehead atoms. The van der Waals surface area contributed by atoms with E-state index >= 15 is 0 Å². The lowest BCUT2D eigenvalue weighted by atomic mass is 9.95. The minimum Gasteiger partial charge on any atom is -0.298 e. The standard InChI is InChI=1S/C22H18N4O2S/c1-13-14(2)29-22(23-13)24-20(27)18-17(15-9-5-3-6-10-15)19(25-26-21(18)28)16-11-7-4-8-12-16/h3-12H,1-2H3,(H,26,28)(H,23,24,27). The van der Waals surface area contributed by atoms with Crippen LogP contribution < -0.4 is 10.9 Å². The monoisotopic (exact) mass is 402 g/mol. The summed E-state index contributed by atoms with van der Waals surface area (Å²) in [5.74, 6) is -0.515. The van der Waals surface area contributed by atoms with Crippen molar-refractivity contribution in [2.24, 2.45) is 0 Å². The van der Waals surface area contributed by atoms with Crippen molar-refractivity contribution in [1.82, 2.24) is 15.2 Å². The fraction of sp³-hybridized carbons (Fsp3) is 0.0909. The van der Waals surface area contributed by atoms with Crippen molar-refractivity contribution < 1.29 is 4.79 Å². The first-order chi connectivity index (χ1) is 14.0. The molecule has 7 heteroatoms. The molecule has 29 heavy (non-hydrogen) atoms. The van der Waals surface area contributed by atoms with Gasteiger partial charge in [0.1, 0.15) is 5.56 Å². The fourth-order valence-corrected chi connectivity index (χ4v) is 3.85. The molecular formula is C22H18N4O2S. The molecule has 0 spiro atoms. The summed E-state index contributed by atoms with van der Waals surface area (Å²) in [7, 11) is 0. The van der Waals surface area contributed by atoms with Gasteiger partial charge in [0.15, 0.2) is 5.13 Å². The Morgan fingerprint density at radius 3 is 2.17 bits per heavy atom. The number of benzene rings is 2. The van der Waals surface area contributed by atoms with Crippen LogP contribution in [0.3, 0.4) is 0 Å². The number of aromatic amines is 1. The summed E-state index contributed by atoms with van der Waals surface area (Å²) in [5.41, 5.74) is 2.87. The highest BCUT2D eigenvalue weighted by molar-refractivity contribution is 7.15. The van der Waals surface area contributed by atoms with Crippen molar-refractivity contribution in [3.63, 3.8) is 0 Å². The van der Waals surface area contributed by atoms with Crippen LogP contribution >= 0.6 is 11.3 Å². The summed E-state index contributed by atoms with van der Waals surface area (Å²) < 4.78 is 0. The Hall–Kier alpha value is -3.58. The Labute approximate surface area is 171 Å². The third-order valence-corrected chi connectivity index (χ3v) is 5.56. The number of thiazole rings is 1. The molecular weight excluding hydrogens is 384 g/mol. The fourth-order valence-electron chi connectivity index (χ4n) is 3.04. The molecule has 4 aromatic rings. The van der Waals surface area contributed by atoms with Crippen LogP contribution in [-0.4, -0.2) is 21.1 Å². The number of rotatable bonds is 4. The van der Waals surface area contributed by atoms with E-state index in [0.717, 1.165) is 21.7 Å². The molecule has 6 nitrogen and oxygen atoms in total. The van der Waals surface area contributed by atoms with E-state index in [9.17, 15) is 9.59 Å². The van der Waals surface area contributed by atoms with Crippen LogP contribution in [0.15, 0.2) is 65.5 Å². The molecule has 0 saturated heterocycles. The van der Waals surface area contributed by atoms with Crippen molar-refractivity contribution in [3.05, 3.63) is 87.2 Å². The number of hydrogen-bond acceptors (Lipinski definition) is 5. The molecule has 2 heterocycles. The highest BCUT2D eigenvalue weighted by Gasteiger charge is 2.23. The van der Waals surface area contributed by atoms with Gasteiger partial charge < -0.3 is 0 Å². The van der Waals surface area contributed by atoms with Gasteiger partial charge in [-0.1, -0.05) is 60.7 Å². The van der Waals surface area contributed by atoms with E-state index in [0.29, 0.717) is 16.4 Å². The maximum Gasteiger partial charge on any atom is 0.277 e. The van der Waals surface area contributed by atoms with Crippen LogP contribution in [0, 0.1) is 13.8 Å². The van der Waals surface area contributed by atoms with Gasteiger partial charge in [-0.15, -0.1) is 11.3 Å². The Morgan fingerprint density at radius 2 is 1.59 bits per heavy atom. The van der Waals surface area contributed by atoms with Gasteiger partial charge in [-0.25, -0.2) is 10.1 Å². The van der Waals surface area contributed by atoms with Gasteiger partial charge in [0.05, 0.1) is 11.4 Å². The summed E-state index contributed by atoms with van der Waals surface area (Å²) in [4.78, 5) is 31.2. The molecule has 0 atom stereocenters. The molecule has 144 valence electrons. The number of aryl methyl sites for hydroxylation is 2. The van der Waals surface area contributed by atoms with Gasteiger partial charge >= 0.3 is 0 Å². The van der Waals surface area contributed by atoms with Crippen LogP contribution in [0.2, 0.25) is 0 Å². The quantitative estimate of drug-likeness (QED) is 0.529. The zero-order chi connectivity index (χ0) is 20.4. The first-order valence-corrected chi connectivity index (χ1v) is 9.85. The molecule has 0 radical (unpaired) electrons. The van der Waals surface area contributed by atoms with E-state index in [-0.39, 0.29) is 5.56 Å². The second-order valence-corrected chi connectivity index (χ2v) is 7.70. The van der Waals surface area contributed by atoms with E-state index in [1.807, 2.05) is 74.5 Å². The number of carbonyl (C=O) groups excluding carboxylic acids is 1. The van der Waals surface area contributed by atoms with Gasteiger partial charge in [0.2, 0.25) is 0 Å². The number of H-pyrrole nitrogens is 1. The molecule has 0 fully saturated rings. The summed E-state index contributed by atoms with van der Waals surface area (Å²) in [5, 5.41) is 9.97. The van der Waals surface area contributed by atoms with Crippen LogP contribution in [-0.2, 0) is 0 Å². The van der Waals surface area contributed by atoms with Crippen LogP contribution in [0.1, 0.15) is 20.9 Å². The van der Waals surface area contributed by atoms with E-state index < -0.39 is 11.5 Å². The average molecular weight is 402 g/mol. The molecule has 0 saturated carbocycles. The Kier molecular flexibility index (Phi) is 5.05. The molecule has 0 aliphatic carbocycles. The largest absolute Gasteiger partial charge is 0.298 e. The van der Waals surface area contributed by atoms with E-state index in [2.05, 4.69) is 20.5 Å². The summed E-state index contributed by atoms with van der Waals surface area (Å²) in [6.45, 7) is 3.81. The minimum atomic E-state index is -0.550. The van der Waals surface area contributed by atoms with Gasteiger partial charge in [-0.05, 0) is 19.4 Å². The molecule has 2 aromatic carbocycles. The van der Waals surface area contributed by atoms with Crippen molar-refractivity contribution in [1.29, 1.82) is 0 Å². The van der Waals surface area contributed by atoms with Crippen molar-refractivity contribution in [2.75, 3.05) is 5.32 Å². The van der Waals surface area contributed by atoms with Crippen LogP contribution in [0.5, 0.6) is 0 Å². The molecule has 0 unspecified atom stereocenters. The van der Waals surface area contributed by atoms with Gasteiger partial charge in [-0.2, -0.15) is 5.10 Å². The Morgan fingerprint density at radius 1 is 0.966 bits per heavy atom. The number of aromatic nitrogens is 3. The van der Waals surface area contributed by atoms with Crippen molar-refractivity contribution in [3.8, 4) is 22.4 Å². The zero-order valence-electron chi connectivity index (χ0n) is 15.9. The van der Waals surface area contributed by atoms with E-state index in [4.69, 9.17) is 0 Å². The normalized spacial score (nSPS) is 10.7. The zero-order valence-corrected chi connectivity index (χ0v) is 16.7. The molecule has 0 aliphatic heterocycles. The summed E-state index contributed by atoms with van der Waals surface area (Å²) >= 11 is 1.37. The lowest BCUT2D eigenvalue weighted by molar-refractivity contribution is 0.102. The molecule has 2 N–H and O–H groups in total. The summed E-state index contributed by atoms with van der Waals surface area (Å²) in [6.07, 6.45) is 0. The molecule has 0 aliphatic rings. The maximum absolute atomic E-state index is 13.1. The lowest BCUT2D eigenvalue weighted by Gasteiger charge is -2.13. The minimum absolute atomic E-state index is 0.00978. The van der Waals surface area contributed by atoms with Crippen LogP contribution in [0.25, 0.3) is 22.4 Å². The number of hydrogen-bond donors (Lipinski definition) is 2. The molecule has 4 rings (SSSR count). The van der Waals surface area contributed by atoms with Crippen molar-refractivity contribution in [2.45, 2.75) is 13.8 Å². The third-order valence-electron chi connectivity index (χ3n) is 4.57. The maximum atomic E-state index is 13.1. The number of nitrogens with zero attached hydrogens (tertiary/aromatic N) is 2. The lowest BCUT2D eigenvalue weighted by Crippen LogP contribution is -2.26. The smallest absolute Gasteiger partial charge is 0.277 e. The number of nitrogens with one attached hydrogen (secondary N) is 2. The van der Waals surface area contributed by atoms with Gasteiger partial charge in [0, 0.05) is 16.0 Å². The third kappa shape index (κ3) is 3.72. The Balaban J connectivity index is 1.90. The molecule has 2 aromatic heterocycles. The highest BCUT2D eigenvalue weighted by atomic mass is 32.1. The number of carbonyl (C=O) groups is 1. The average Bonchev–Trinajstić information content (AvgIpc) is 3.05. The predicted molar refractivity (Wildman–Crippen MR) is 115 cm³/mol. The second-order valence-electron chi connectivity index (χ2n) is 6.50. The first-order valence-electron chi connectivity index (χ1n) is 9.03. The highest BCUT2D eigenvalue weighted by Crippen LogP contribution is 2.32. The number of amides is 1. The second kappa shape index (κ2) is 7.81. The van der Waals surface area contributed by atoms with Gasteiger partial charge in [-0.3, -0.25) is 14.9 Å². The van der Waals surface area contributed by atoms with Crippen molar-refractivity contribution >= 4 is 22.4 Å². The first kappa shape index (κ1) is 18.8. The van der Waals surface area contributed by atoms with E-state index in [1.54, 1.807) is 0 Å². The van der Waals surface area contributed by atoms with Gasteiger partial charge in [0.25, 0.3) is 11.5 Å². The van der Waals surface area contributed by atoms with Crippen LogP contribution in [0.4, 0.5) is 5.13 Å². The summed E-state index contributed by atoms with van der Waals surface area (Å²) in [6, 6.07) is 18.8. The predicted octanol–water partition coefficient (Wildman–Crippen LogP) is 4.43. The Bertz CT molecular complexity index is 1210.